The maximum Gasteiger partial charge on any atom is 0.0703 e. The molecule has 4 aromatic rings. The molecule has 2 aromatic heterocycles. The average molecular weight is 449 g/mol. The van der Waals surface area contributed by atoms with E-state index in [9.17, 15) is 0 Å². The number of nitrogens with one attached hydrogen (secondary N) is 2. The predicted molar refractivity (Wildman–Crippen MR) is 140 cm³/mol. The number of hydrogen-bond donors (Lipinski definition) is 2. The van der Waals surface area contributed by atoms with Crippen LogP contribution in [0.3, 0.4) is 0 Å². The average Bonchev–Trinajstić information content (AvgIpc) is 2.85. The maximum absolute atomic E-state index is 4.47. The lowest BCUT2D eigenvalue weighted by atomic mass is 9.44. The van der Waals surface area contributed by atoms with E-state index in [1.54, 1.807) is 0 Å². The third-order valence-electron chi connectivity index (χ3n) is 8.84. The van der Waals surface area contributed by atoms with Crippen molar-refractivity contribution in [3.8, 4) is 0 Å². The summed E-state index contributed by atoms with van der Waals surface area (Å²) in [5.74, 6) is 1.79. The fraction of sp³-hybridized carbons (Fsp3) is 0.400. The lowest BCUT2D eigenvalue weighted by Crippen LogP contribution is -2.56. The van der Waals surface area contributed by atoms with Gasteiger partial charge in [0.15, 0.2) is 0 Å². The Labute approximate surface area is 201 Å². The number of hydrogen-bond acceptors (Lipinski definition) is 4. The van der Waals surface area contributed by atoms with Gasteiger partial charge >= 0.3 is 0 Å². The summed E-state index contributed by atoms with van der Waals surface area (Å²) in [6.45, 7) is 2.18. The lowest BCUT2D eigenvalue weighted by Gasteiger charge is -2.62. The zero-order valence-corrected chi connectivity index (χ0v) is 19.6. The molecular formula is C30H32N4. The van der Waals surface area contributed by atoms with Gasteiger partial charge in [-0.2, -0.15) is 0 Å². The van der Waals surface area contributed by atoms with Crippen molar-refractivity contribution in [3.63, 3.8) is 0 Å². The summed E-state index contributed by atoms with van der Waals surface area (Å²) >= 11 is 0. The van der Waals surface area contributed by atoms with Gasteiger partial charge in [0.1, 0.15) is 0 Å². The molecule has 2 N–H and O–H groups in total. The largest absolute Gasteiger partial charge is 0.384 e. The Balaban J connectivity index is 1.08. The van der Waals surface area contributed by atoms with Crippen LogP contribution in [0.15, 0.2) is 73.1 Å². The molecule has 0 saturated heterocycles. The smallest absolute Gasteiger partial charge is 0.0703 e. The van der Waals surface area contributed by atoms with Gasteiger partial charge in [-0.25, -0.2) is 0 Å². The molecule has 0 amide bonds. The lowest BCUT2D eigenvalue weighted by molar-refractivity contribution is -0.0970. The molecule has 4 nitrogen and oxygen atoms in total. The Morgan fingerprint density at radius 2 is 1.18 bits per heavy atom. The summed E-state index contributed by atoms with van der Waals surface area (Å²) in [6, 6.07) is 21.5. The second kappa shape index (κ2) is 7.69. The first-order valence-corrected chi connectivity index (χ1v) is 12.8. The molecular weight excluding hydrogens is 416 g/mol. The Kier molecular flexibility index (Phi) is 4.58. The van der Waals surface area contributed by atoms with E-state index in [1.807, 2.05) is 24.5 Å². The minimum Gasteiger partial charge on any atom is -0.384 e. The highest BCUT2D eigenvalue weighted by atomic mass is 14.9. The molecule has 0 radical (unpaired) electrons. The van der Waals surface area contributed by atoms with E-state index < -0.39 is 0 Å². The number of rotatable bonds is 6. The molecule has 0 unspecified atom stereocenters. The van der Waals surface area contributed by atoms with Gasteiger partial charge in [0.05, 0.1) is 11.0 Å². The standard InChI is InChI=1S/C30H32N4/c1-3-23-12-25(5-7-27(23)31-9-1)33-19-29-14-21-11-22(15-29)17-30(16-21,18-29)20-34-26-6-8-28-24(13-26)4-2-10-32-28/h1-10,12-13,21-22,33-34H,11,14-20H2. The van der Waals surface area contributed by atoms with E-state index in [-0.39, 0.29) is 0 Å². The summed E-state index contributed by atoms with van der Waals surface area (Å²) in [6.07, 6.45) is 12.1. The predicted octanol–water partition coefficient (Wildman–Crippen LogP) is 6.89. The van der Waals surface area contributed by atoms with Crippen molar-refractivity contribution in [2.45, 2.75) is 38.5 Å². The number of fused-ring (bicyclic) bond motifs is 2. The third-order valence-corrected chi connectivity index (χ3v) is 8.84. The zero-order valence-electron chi connectivity index (χ0n) is 19.6. The van der Waals surface area contributed by atoms with Crippen molar-refractivity contribution in [2.75, 3.05) is 23.7 Å². The number of nitrogens with zero attached hydrogens (tertiary/aromatic N) is 2. The van der Waals surface area contributed by atoms with Gasteiger partial charge < -0.3 is 10.6 Å². The summed E-state index contributed by atoms with van der Waals surface area (Å²) in [4.78, 5) is 8.94. The molecule has 2 heterocycles. The van der Waals surface area contributed by atoms with Gasteiger partial charge in [-0.05, 0) is 110 Å². The highest BCUT2D eigenvalue weighted by Gasteiger charge is 2.57. The molecule has 172 valence electrons. The Morgan fingerprint density at radius 1 is 0.676 bits per heavy atom. The zero-order chi connectivity index (χ0) is 22.6. The first kappa shape index (κ1) is 20.3. The van der Waals surface area contributed by atoms with Crippen LogP contribution in [0.25, 0.3) is 21.8 Å². The highest BCUT2D eigenvalue weighted by molar-refractivity contribution is 5.82. The van der Waals surface area contributed by atoms with Crippen molar-refractivity contribution < 1.29 is 0 Å². The summed E-state index contributed by atoms with van der Waals surface area (Å²) in [5, 5.41) is 10.1. The van der Waals surface area contributed by atoms with Crippen LogP contribution in [-0.4, -0.2) is 23.1 Å². The van der Waals surface area contributed by atoms with Crippen LogP contribution in [0.5, 0.6) is 0 Å². The molecule has 2 aromatic carbocycles. The van der Waals surface area contributed by atoms with Crippen molar-refractivity contribution in [1.82, 2.24) is 9.97 Å². The number of pyridine rings is 2. The number of benzene rings is 2. The SMILES string of the molecule is c1cnc2ccc(NCC34CC5CC(C3)CC(CNc3ccc6ncccc6c3)(C5)C4)cc2c1. The summed E-state index contributed by atoms with van der Waals surface area (Å²) in [5.41, 5.74) is 5.46. The molecule has 0 spiro atoms. The van der Waals surface area contributed by atoms with Gasteiger partial charge in [0.2, 0.25) is 0 Å². The topological polar surface area (TPSA) is 49.8 Å². The van der Waals surface area contributed by atoms with E-state index in [4.69, 9.17) is 0 Å². The fourth-order valence-electron chi connectivity index (χ4n) is 8.01. The van der Waals surface area contributed by atoms with Crippen LogP contribution >= 0.6 is 0 Å². The molecule has 0 atom stereocenters. The maximum atomic E-state index is 4.47. The van der Waals surface area contributed by atoms with E-state index >= 15 is 0 Å². The Hall–Kier alpha value is -3.14. The summed E-state index contributed by atoms with van der Waals surface area (Å²) in [7, 11) is 0. The van der Waals surface area contributed by atoms with Crippen molar-refractivity contribution in [1.29, 1.82) is 0 Å². The van der Waals surface area contributed by atoms with Crippen LogP contribution in [0.1, 0.15) is 38.5 Å². The van der Waals surface area contributed by atoms with E-state index in [2.05, 4.69) is 69.1 Å². The highest BCUT2D eigenvalue weighted by Crippen LogP contribution is 2.65. The Bertz CT molecular complexity index is 1250. The normalized spacial score (nSPS) is 29.5. The molecule has 34 heavy (non-hydrogen) atoms. The molecule has 4 fully saturated rings. The van der Waals surface area contributed by atoms with E-state index in [1.165, 1.54) is 60.7 Å². The van der Waals surface area contributed by atoms with E-state index in [0.29, 0.717) is 10.8 Å². The Morgan fingerprint density at radius 3 is 1.68 bits per heavy atom. The van der Waals surface area contributed by atoms with Crippen molar-refractivity contribution in [2.24, 2.45) is 22.7 Å². The van der Waals surface area contributed by atoms with Crippen LogP contribution in [-0.2, 0) is 0 Å². The molecule has 0 aliphatic heterocycles. The van der Waals surface area contributed by atoms with Gasteiger partial charge in [0, 0.05) is 47.6 Å². The van der Waals surface area contributed by atoms with Gasteiger partial charge in [-0.1, -0.05) is 12.1 Å². The van der Waals surface area contributed by atoms with Gasteiger partial charge in [-0.15, -0.1) is 0 Å². The van der Waals surface area contributed by atoms with Crippen molar-refractivity contribution in [3.05, 3.63) is 73.1 Å². The second-order valence-electron chi connectivity index (χ2n) is 11.5. The fourth-order valence-corrected chi connectivity index (χ4v) is 8.01. The minimum atomic E-state index is 0.433. The second-order valence-corrected chi connectivity index (χ2v) is 11.5. The number of aromatic nitrogens is 2. The summed E-state index contributed by atoms with van der Waals surface area (Å²) < 4.78 is 0. The molecule has 8 rings (SSSR count). The number of anilines is 2. The van der Waals surface area contributed by atoms with Crippen molar-refractivity contribution >= 4 is 33.2 Å². The van der Waals surface area contributed by atoms with Crippen LogP contribution in [0.4, 0.5) is 11.4 Å². The first-order chi connectivity index (χ1) is 16.7. The van der Waals surface area contributed by atoms with Crippen LogP contribution < -0.4 is 10.6 Å². The molecule has 4 heteroatoms. The molecule has 4 aliphatic carbocycles. The van der Waals surface area contributed by atoms with Crippen LogP contribution in [0, 0.1) is 22.7 Å². The molecule has 4 saturated carbocycles. The third kappa shape index (κ3) is 3.60. The molecule has 4 aliphatic rings. The van der Waals surface area contributed by atoms with Gasteiger partial charge in [0.25, 0.3) is 0 Å². The molecule has 4 bridgehead atoms. The first-order valence-electron chi connectivity index (χ1n) is 12.8. The van der Waals surface area contributed by atoms with E-state index in [0.717, 1.165) is 36.0 Å². The monoisotopic (exact) mass is 448 g/mol. The quantitative estimate of drug-likeness (QED) is 0.337. The minimum absolute atomic E-state index is 0.433. The van der Waals surface area contributed by atoms with Gasteiger partial charge in [-0.3, -0.25) is 9.97 Å². The van der Waals surface area contributed by atoms with Crippen LogP contribution in [0.2, 0.25) is 0 Å².